The fourth-order valence-electron chi connectivity index (χ4n) is 3.76. The van der Waals surface area contributed by atoms with Crippen molar-refractivity contribution in [3.8, 4) is 22.5 Å². The fourth-order valence-corrected chi connectivity index (χ4v) is 4.06. The number of aromatic nitrogens is 2. The number of carbonyl (C=O) groups excluding carboxylic acids is 2. The topological polar surface area (TPSA) is 81.2 Å². The molecule has 4 aromatic carbocycles. The van der Waals surface area contributed by atoms with E-state index in [2.05, 4.69) is 5.32 Å². The Morgan fingerprint density at radius 1 is 0.703 bits per heavy atom. The smallest absolute Gasteiger partial charge is 0.338 e. The predicted octanol–water partition coefficient (Wildman–Crippen LogP) is 7.07. The van der Waals surface area contributed by atoms with Gasteiger partial charge in [-0.2, -0.15) is 0 Å². The van der Waals surface area contributed by atoms with Crippen molar-refractivity contribution in [2.75, 3.05) is 11.9 Å². The first-order chi connectivity index (χ1) is 18.0. The van der Waals surface area contributed by atoms with Crippen LogP contribution in [0.25, 0.3) is 33.5 Å². The van der Waals surface area contributed by atoms with Gasteiger partial charge >= 0.3 is 5.97 Å². The summed E-state index contributed by atoms with van der Waals surface area (Å²) in [5, 5.41) is 3.29. The molecule has 0 fully saturated rings. The van der Waals surface area contributed by atoms with Gasteiger partial charge in [0.25, 0.3) is 5.91 Å². The third-order valence-electron chi connectivity index (χ3n) is 5.53. The van der Waals surface area contributed by atoms with E-state index in [1.165, 1.54) is 6.07 Å². The number of carbonyl (C=O) groups is 2. The van der Waals surface area contributed by atoms with Crippen LogP contribution in [0.5, 0.6) is 0 Å². The van der Waals surface area contributed by atoms with Gasteiger partial charge in [-0.05, 0) is 36.4 Å². The van der Waals surface area contributed by atoms with Crippen molar-refractivity contribution in [3.63, 3.8) is 0 Å². The molecule has 37 heavy (non-hydrogen) atoms. The Labute approximate surface area is 222 Å². The zero-order chi connectivity index (χ0) is 25.8. The molecule has 1 heterocycles. The number of amides is 1. The van der Waals surface area contributed by atoms with Gasteiger partial charge in [-0.15, -0.1) is 0 Å². The van der Waals surface area contributed by atoms with Crippen molar-refractivity contribution in [2.24, 2.45) is 0 Å². The maximum atomic E-state index is 12.7. The molecule has 1 amide bonds. The van der Waals surface area contributed by atoms with E-state index in [0.717, 1.165) is 16.8 Å². The number of anilines is 1. The molecule has 1 N–H and O–H groups in total. The van der Waals surface area contributed by atoms with E-state index in [0.29, 0.717) is 32.5 Å². The molecular weight excluding hydrogens is 509 g/mol. The molecular formula is C29H19Cl2N3O3. The van der Waals surface area contributed by atoms with E-state index in [-0.39, 0.29) is 5.56 Å². The van der Waals surface area contributed by atoms with Crippen LogP contribution in [-0.2, 0) is 9.53 Å². The highest BCUT2D eigenvalue weighted by molar-refractivity contribution is 6.42. The van der Waals surface area contributed by atoms with Crippen LogP contribution in [0.15, 0.2) is 97.1 Å². The van der Waals surface area contributed by atoms with Gasteiger partial charge in [0, 0.05) is 16.8 Å². The molecule has 182 valence electrons. The number of esters is 1. The van der Waals surface area contributed by atoms with E-state index in [9.17, 15) is 9.59 Å². The minimum absolute atomic E-state index is 0.260. The lowest BCUT2D eigenvalue weighted by molar-refractivity contribution is -0.119. The summed E-state index contributed by atoms with van der Waals surface area (Å²) in [5.74, 6) is -1.16. The first-order valence-electron chi connectivity index (χ1n) is 11.3. The van der Waals surface area contributed by atoms with Gasteiger partial charge in [0.15, 0.2) is 6.61 Å². The summed E-state index contributed by atoms with van der Waals surface area (Å²) in [6.07, 6.45) is 0. The molecule has 8 heteroatoms. The van der Waals surface area contributed by atoms with E-state index in [1.807, 2.05) is 60.7 Å². The van der Waals surface area contributed by atoms with Gasteiger partial charge in [-0.1, -0.05) is 83.9 Å². The maximum absolute atomic E-state index is 12.7. The predicted molar refractivity (Wildman–Crippen MR) is 146 cm³/mol. The van der Waals surface area contributed by atoms with Gasteiger partial charge in [0.2, 0.25) is 0 Å². The molecule has 5 rings (SSSR count). The first kappa shape index (κ1) is 24.4. The zero-order valence-electron chi connectivity index (χ0n) is 19.3. The van der Waals surface area contributed by atoms with Gasteiger partial charge in [-0.3, -0.25) is 4.79 Å². The van der Waals surface area contributed by atoms with Crippen LogP contribution < -0.4 is 5.32 Å². The lowest BCUT2D eigenvalue weighted by atomic mass is 10.0. The van der Waals surface area contributed by atoms with E-state index < -0.39 is 18.5 Å². The van der Waals surface area contributed by atoms with E-state index in [1.54, 1.807) is 30.3 Å². The molecule has 0 spiro atoms. The molecule has 0 atom stereocenters. The Morgan fingerprint density at radius 3 is 1.95 bits per heavy atom. The summed E-state index contributed by atoms with van der Waals surface area (Å²) >= 11 is 11.9. The molecule has 0 unspecified atom stereocenters. The summed E-state index contributed by atoms with van der Waals surface area (Å²) in [4.78, 5) is 34.7. The lowest BCUT2D eigenvalue weighted by Gasteiger charge is -2.11. The van der Waals surface area contributed by atoms with Gasteiger partial charge in [-0.25, -0.2) is 14.8 Å². The van der Waals surface area contributed by atoms with Crippen LogP contribution in [-0.4, -0.2) is 28.5 Å². The van der Waals surface area contributed by atoms with Crippen LogP contribution in [0.3, 0.4) is 0 Å². The highest BCUT2D eigenvalue weighted by Crippen LogP contribution is 2.31. The molecule has 0 saturated carbocycles. The Bertz CT molecular complexity index is 1610. The highest BCUT2D eigenvalue weighted by Gasteiger charge is 2.16. The van der Waals surface area contributed by atoms with Crippen molar-refractivity contribution in [1.29, 1.82) is 0 Å². The highest BCUT2D eigenvalue weighted by atomic mass is 35.5. The minimum atomic E-state index is -0.651. The number of halogens is 2. The Morgan fingerprint density at radius 2 is 1.32 bits per heavy atom. The normalized spacial score (nSPS) is 10.8. The average molecular weight is 528 g/mol. The molecule has 0 saturated heterocycles. The Balaban J connectivity index is 1.39. The van der Waals surface area contributed by atoms with Crippen molar-refractivity contribution in [3.05, 3.63) is 113 Å². The summed E-state index contributed by atoms with van der Waals surface area (Å²) < 4.78 is 5.21. The molecule has 1 aromatic heterocycles. The Kier molecular flexibility index (Phi) is 7.12. The number of hydrogen-bond acceptors (Lipinski definition) is 5. The third kappa shape index (κ3) is 5.61. The molecule has 5 aromatic rings. The van der Waals surface area contributed by atoms with Crippen molar-refractivity contribution < 1.29 is 14.3 Å². The van der Waals surface area contributed by atoms with Crippen molar-refractivity contribution >= 4 is 51.8 Å². The summed E-state index contributed by atoms with van der Waals surface area (Å²) in [5.41, 5.74) is 5.16. The second-order valence-electron chi connectivity index (χ2n) is 8.11. The van der Waals surface area contributed by atoms with Gasteiger partial charge in [0.05, 0.1) is 38.0 Å². The number of fused-ring (bicyclic) bond motifs is 1. The van der Waals surface area contributed by atoms with Crippen LogP contribution in [0, 0.1) is 0 Å². The summed E-state index contributed by atoms with van der Waals surface area (Å²) in [7, 11) is 0. The standard InChI is InChI=1S/C29H19Cl2N3O3/c30-22-13-12-21(16-23(22)31)32-26(35)17-37-29(36)20-11-14-24-25(15-20)34-28(19-9-5-2-6-10-19)27(33-24)18-7-3-1-4-8-18/h1-16H,17H2,(H,32,35). The second-order valence-corrected chi connectivity index (χ2v) is 8.92. The monoisotopic (exact) mass is 527 g/mol. The fraction of sp³-hybridized carbons (Fsp3) is 0.0345. The quantitative estimate of drug-likeness (QED) is 0.239. The summed E-state index contributed by atoms with van der Waals surface area (Å²) in [6, 6.07) is 29.2. The maximum Gasteiger partial charge on any atom is 0.338 e. The van der Waals surface area contributed by atoms with Crippen molar-refractivity contribution in [1.82, 2.24) is 9.97 Å². The van der Waals surface area contributed by atoms with Crippen molar-refractivity contribution in [2.45, 2.75) is 0 Å². The molecule has 0 aliphatic heterocycles. The molecule has 6 nitrogen and oxygen atoms in total. The minimum Gasteiger partial charge on any atom is -0.452 e. The van der Waals surface area contributed by atoms with Gasteiger partial charge < -0.3 is 10.1 Å². The summed E-state index contributed by atoms with van der Waals surface area (Å²) in [6.45, 7) is -0.467. The number of nitrogens with zero attached hydrogens (tertiary/aromatic N) is 2. The van der Waals surface area contributed by atoms with E-state index in [4.69, 9.17) is 37.9 Å². The number of benzene rings is 4. The number of hydrogen-bond donors (Lipinski definition) is 1. The largest absolute Gasteiger partial charge is 0.452 e. The number of ether oxygens (including phenoxy) is 1. The van der Waals surface area contributed by atoms with Gasteiger partial charge in [0.1, 0.15) is 0 Å². The second kappa shape index (κ2) is 10.8. The molecule has 0 aliphatic carbocycles. The van der Waals surface area contributed by atoms with Crippen LogP contribution in [0.4, 0.5) is 5.69 Å². The Hall–Kier alpha value is -4.26. The molecule has 0 bridgehead atoms. The SMILES string of the molecule is O=C(COC(=O)c1ccc2nc(-c3ccccc3)c(-c3ccccc3)nc2c1)Nc1ccc(Cl)c(Cl)c1. The lowest BCUT2D eigenvalue weighted by Crippen LogP contribution is -2.21. The number of rotatable bonds is 6. The molecule has 0 aliphatic rings. The van der Waals surface area contributed by atoms with Crippen LogP contribution in [0.2, 0.25) is 10.0 Å². The van der Waals surface area contributed by atoms with Crippen LogP contribution in [0.1, 0.15) is 10.4 Å². The first-order valence-corrected chi connectivity index (χ1v) is 12.1. The average Bonchev–Trinajstić information content (AvgIpc) is 2.93. The zero-order valence-corrected chi connectivity index (χ0v) is 20.8. The van der Waals surface area contributed by atoms with Crippen LogP contribution >= 0.6 is 23.2 Å². The van der Waals surface area contributed by atoms with E-state index >= 15 is 0 Å². The third-order valence-corrected chi connectivity index (χ3v) is 6.27. The molecule has 0 radical (unpaired) electrons. The number of nitrogens with one attached hydrogen (secondary N) is 1.